The topological polar surface area (TPSA) is 74.9 Å². The number of ether oxygens (including phenoxy) is 1. The van der Waals surface area contributed by atoms with Crippen LogP contribution in [0.25, 0.3) is 0 Å². The lowest BCUT2D eigenvalue weighted by Crippen LogP contribution is -3.00. The van der Waals surface area contributed by atoms with Gasteiger partial charge in [0.15, 0.2) is 12.4 Å². The van der Waals surface area contributed by atoms with E-state index in [1.807, 2.05) is 51.4 Å². The van der Waals surface area contributed by atoms with Crippen molar-refractivity contribution in [2.75, 3.05) is 13.1 Å². The Bertz CT molecular complexity index is 599. The van der Waals surface area contributed by atoms with Crippen molar-refractivity contribution in [3.63, 3.8) is 0 Å². The Labute approximate surface area is 148 Å². The van der Waals surface area contributed by atoms with Gasteiger partial charge in [-0.05, 0) is 20.8 Å². The van der Waals surface area contributed by atoms with Crippen LogP contribution in [0.4, 0.5) is 4.79 Å². The van der Waals surface area contributed by atoms with Crippen molar-refractivity contribution < 1.29 is 31.3 Å². The maximum absolute atomic E-state index is 11.9. The van der Waals surface area contributed by atoms with Crippen molar-refractivity contribution in [1.29, 1.82) is 0 Å². The molecule has 1 aromatic rings. The molecule has 1 saturated heterocycles. The molecule has 0 atom stereocenters. The predicted octanol–water partition coefficient (Wildman–Crippen LogP) is -1.91. The molecule has 24 heavy (non-hydrogen) atoms. The van der Waals surface area contributed by atoms with Gasteiger partial charge in [0.1, 0.15) is 5.60 Å². The van der Waals surface area contributed by atoms with Gasteiger partial charge >= 0.3 is 12.0 Å². The van der Waals surface area contributed by atoms with Gasteiger partial charge < -0.3 is 22.0 Å². The molecule has 1 N–H and O–H groups in total. The van der Waals surface area contributed by atoms with E-state index >= 15 is 0 Å². The first-order chi connectivity index (χ1) is 10.8. The SMILES string of the molecule is CC(C)(C)OC(=O)N1CC/C(=N\NC(=O)C[n+]2ccccc2)C1.[Cl-]. The molecular formula is C16H23ClN4O3. The van der Waals surface area contributed by atoms with E-state index in [4.69, 9.17) is 4.74 Å². The highest BCUT2D eigenvalue weighted by Crippen LogP contribution is 2.13. The van der Waals surface area contributed by atoms with Crippen LogP contribution >= 0.6 is 0 Å². The van der Waals surface area contributed by atoms with Crippen molar-refractivity contribution in [1.82, 2.24) is 10.3 Å². The Kier molecular flexibility index (Phi) is 7.16. The van der Waals surface area contributed by atoms with Crippen molar-refractivity contribution in [2.24, 2.45) is 5.10 Å². The molecule has 0 bridgehead atoms. The number of likely N-dealkylation sites (tertiary alicyclic amines) is 1. The number of halogens is 1. The molecule has 8 heteroatoms. The fourth-order valence-electron chi connectivity index (χ4n) is 2.10. The first-order valence-electron chi connectivity index (χ1n) is 7.60. The molecule has 132 valence electrons. The number of hydrazone groups is 1. The molecule has 0 aromatic carbocycles. The lowest BCUT2D eigenvalue weighted by Gasteiger charge is -2.23. The number of rotatable bonds is 3. The fraction of sp³-hybridized carbons (Fsp3) is 0.500. The number of hydrogen-bond acceptors (Lipinski definition) is 4. The zero-order chi connectivity index (χ0) is 16.9. The van der Waals surface area contributed by atoms with E-state index in [1.165, 1.54) is 0 Å². The summed E-state index contributed by atoms with van der Waals surface area (Å²) in [7, 11) is 0. The average molecular weight is 355 g/mol. The fourth-order valence-corrected chi connectivity index (χ4v) is 2.10. The van der Waals surface area contributed by atoms with Crippen molar-refractivity contribution >= 4 is 17.7 Å². The minimum absolute atomic E-state index is 0. The van der Waals surface area contributed by atoms with E-state index in [2.05, 4.69) is 10.5 Å². The summed E-state index contributed by atoms with van der Waals surface area (Å²) in [6.07, 6.45) is 3.91. The minimum Gasteiger partial charge on any atom is -1.00 e. The number of carbonyl (C=O) groups excluding carboxylic acids is 2. The summed E-state index contributed by atoms with van der Waals surface area (Å²) < 4.78 is 7.08. The first kappa shape index (κ1) is 19.9. The molecule has 2 amide bonds. The lowest BCUT2D eigenvalue weighted by molar-refractivity contribution is -0.684. The van der Waals surface area contributed by atoms with Gasteiger partial charge in [-0.15, -0.1) is 0 Å². The van der Waals surface area contributed by atoms with E-state index in [0.29, 0.717) is 19.5 Å². The van der Waals surface area contributed by atoms with Gasteiger partial charge in [-0.25, -0.2) is 10.2 Å². The van der Waals surface area contributed by atoms with Crippen LogP contribution in [-0.4, -0.2) is 41.3 Å². The van der Waals surface area contributed by atoms with E-state index in [-0.39, 0.29) is 31.0 Å². The highest BCUT2D eigenvalue weighted by Gasteiger charge is 2.27. The second kappa shape index (κ2) is 8.63. The number of nitrogens with zero attached hydrogens (tertiary/aromatic N) is 3. The largest absolute Gasteiger partial charge is 1.00 e. The van der Waals surface area contributed by atoms with Gasteiger partial charge in [0.25, 0.3) is 0 Å². The smallest absolute Gasteiger partial charge is 0.410 e. The van der Waals surface area contributed by atoms with Gasteiger partial charge in [-0.2, -0.15) is 9.67 Å². The number of nitrogens with one attached hydrogen (secondary N) is 1. The third-order valence-electron chi connectivity index (χ3n) is 3.14. The zero-order valence-corrected chi connectivity index (χ0v) is 14.9. The molecule has 0 radical (unpaired) electrons. The van der Waals surface area contributed by atoms with Crippen LogP contribution in [0.5, 0.6) is 0 Å². The second-order valence-electron chi connectivity index (χ2n) is 6.41. The molecule has 2 rings (SSSR count). The van der Waals surface area contributed by atoms with Crippen LogP contribution in [0.1, 0.15) is 27.2 Å². The van der Waals surface area contributed by atoms with Crippen molar-refractivity contribution in [3.8, 4) is 0 Å². The van der Waals surface area contributed by atoms with Gasteiger partial charge in [-0.3, -0.25) is 4.79 Å². The monoisotopic (exact) mass is 354 g/mol. The molecule has 7 nitrogen and oxygen atoms in total. The highest BCUT2D eigenvalue weighted by molar-refractivity contribution is 5.92. The van der Waals surface area contributed by atoms with Crippen LogP contribution in [0, 0.1) is 0 Å². The molecule has 2 heterocycles. The van der Waals surface area contributed by atoms with E-state index in [9.17, 15) is 9.59 Å². The molecule has 0 unspecified atom stereocenters. The zero-order valence-electron chi connectivity index (χ0n) is 14.2. The van der Waals surface area contributed by atoms with Crippen molar-refractivity contribution in [3.05, 3.63) is 30.6 Å². The number of hydrogen-bond donors (Lipinski definition) is 1. The lowest BCUT2D eigenvalue weighted by atomic mass is 10.2. The number of aromatic nitrogens is 1. The maximum Gasteiger partial charge on any atom is 0.410 e. The normalized spacial score (nSPS) is 15.8. The third kappa shape index (κ3) is 6.54. The summed E-state index contributed by atoms with van der Waals surface area (Å²) in [4.78, 5) is 25.4. The van der Waals surface area contributed by atoms with Crippen LogP contribution in [0.2, 0.25) is 0 Å². The van der Waals surface area contributed by atoms with Gasteiger partial charge in [0, 0.05) is 25.1 Å². The summed E-state index contributed by atoms with van der Waals surface area (Å²) >= 11 is 0. The Morgan fingerprint density at radius 3 is 2.58 bits per heavy atom. The molecule has 1 aliphatic rings. The molecule has 1 aliphatic heterocycles. The third-order valence-corrected chi connectivity index (χ3v) is 3.14. The molecule has 0 spiro atoms. The summed E-state index contributed by atoms with van der Waals surface area (Å²) in [6.45, 7) is 6.63. The molecule has 1 fully saturated rings. The first-order valence-corrected chi connectivity index (χ1v) is 7.60. The number of pyridine rings is 1. The van der Waals surface area contributed by atoms with Gasteiger partial charge in [0.05, 0.1) is 12.3 Å². The van der Waals surface area contributed by atoms with Crippen molar-refractivity contribution in [2.45, 2.75) is 39.3 Å². The summed E-state index contributed by atoms with van der Waals surface area (Å²) in [5.41, 5.74) is 2.78. The molecule has 1 aromatic heterocycles. The van der Waals surface area contributed by atoms with Gasteiger partial charge in [0.2, 0.25) is 6.54 Å². The van der Waals surface area contributed by atoms with E-state index in [1.54, 1.807) is 9.47 Å². The molecular weight excluding hydrogens is 332 g/mol. The second-order valence-corrected chi connectivity index (χ2v) is 6.41. The van der Waals surface area contributed by atoms with Crippen LogP contribution in [-0.2, 0) is 16.1 Å². The quantitative estimate of drug-likeness (QED) is 0.508. The van der Waals surface area contributed by atoms with Crippen LogP contribution < -0.4 is 22.4 Å². The maximum atomic E-state index is 11.9. The predicted molar refractivity (Wildman–Crippen MR) is 84.6 cm³/mol. The van der Waals surface area contributed by atoms with Crippen LogP contribution in [0.3, 0.4) is 0 Å². The average Bonchev–Trinajstić information content (AvgIpc) is 2.93. The summed E-state index contributed by atoms with van der Waals surface area (Å²) in [6, 6.07) is 5.60. The Morgan fingerprint density at radius 1 is 1.29 bits per heavy atom. The summed E-state index contributed by atoms with van der Waals surface area (Å²) in [5.74, 6) is -0.204. The number of carbonyl (C=O) groups is 2. The minimum atomic E-state index is -0.516. The van der Waals surface area contributed by atoms with Gasteiger partial charge in [-0.1, -0.05) is 6.07 Å². The Balaban J connectivity index is 0.00000288. The molecule has 0 saturated carbocycles. The highest BCUT2D eigenvalue weighted by atomic mass is 35.5. The van der Waals surface area contributed by atoms with E-state index < -0.39 is 5.60 Å². The number of amides is 2. The standard InChI is InChI=1S/C16H22N4O3.ClH/c1-16(2,3)23-15(22)20-10-7-13(11-20)17-18-14(21)12-19-8-5-4-6-9-19;/h4-6,8-9H,7,10-12H2,1-3H3;1H/b17-13+;. The van der Waals surface area contributed by atoms with Crippen LogP contribution in [0.15, 0.2) is 35.7 Å². The van der Waals surface area contributed by atoms with E-state index in [0.717, 1.165) is 5.71 Å². The Hall–Kier alpha value is -2.15. The Morgan fingerprint density at radius 2 is 1.96 bits per heavy atom. The summed E-state index contributed by atoms with van der Waals surface area (Å²) in [5, 5.41) is 4.10. The molecule has 0 aliphatic carbocycles.